The normalized spacial score (nSPS) is 15.0. The molecule has 5 heteroatoms. The van der Waals surface area contributed by atoms with E-state index in [1.54, 1.807) is 6.92 Å². The van der Waals surface area contributed by atoms with Crippen LogP contribution in [-0.4, -0.2) is 30.3 Å². The maximum absolute atomic E-state index is 11.0. The monoisotopic (exact) mass is 173 g/mol. The lowest BCUT2D eigenvalue weighted by molar-refractivity contribution is -0.127. The Kier molecular flexibility index (Phi) is 4.46. The second-order valence-electron chi connectivity index (χ2n) is 2.70. The summed E-state index contributed by atoms with van der Waals surface area (Å²) < 4.78 is 0. The Morgan fingerprint density at radius 2 is 2.00 bits per heavy atom. The average Bonchev–Trinajstić information content (AvgIpc) is 1.98. The van der Waals surface area contributed by atoms with Gasteiger partial charge >= 0.3 is 0 Å². The first-order chi connectivity index (χ1) is 5.49. The molecule has 12 heavy (non-hydrogen) atoms. The summed E-state index contributed by atoms with van der Waals surface area (Å²) in [6.45, 7) is 3.02. The highest BCUT2D eigenvalue weighted by Crippen LogP contribution is 1.84. The fourth-order valence-electron chi connectivity index (χ4n) is 0.630. The van der Waals surface area contributed by atoms with Crippen molar-refractivity contribution in [2.24, 2.45) is 11.5 Å². The SMILES string of the molecule is CC(=O)[C@@H](CN)NC(=O)[C@H](C)N. The highest BCUT2D eigenvalue weighted by molar-refractivity contribution is 5.89. The predicted octanol–water partition coefficient (Wildman–Crippen LogP) is -1.63. The first kappa shape index (κ1) is 11.1. The fraction of sp³-hybridized carbons (Fsp3) is 0.714. The summed E-state index contributed by atoms with van der Waals surface area (Å²) >= 11 is 0. The number of nitrogens with one attached hydrogen (secondary N) is 1. The lowest BCUT2D eigenvalue weighted by Gasteiger charge is -2.14. The molecule has 70 valence electrons. The van der Waals surface area contributed by atoms with Gasteiger partial charge in [0.15, 0.2) is 5.78 Å². The van der Waals surface area contributed by atoms with E-state index in [0.29, 0.717) is 0 Å². The minimum Gasteiger partial charge on any atom is -0.344 e. The van der Waals surface area contributed by atoms with Gasteiger partial charge < -0.3 is 16.8 Å². The Hall–Kier alpha value is -0.940. The number of nitrogens with two attached hydrogens (primary N) is 2. The van der Waals surface area contributed by atoms with E-state index in [1.807, 2.05) is 0 Å². The van der Waals surface area contributed by atoms with Crippen molar-refractivity contribution >= 4 is 11.7 Å². The van der Waals surface area contributed by atoms with Crippen LogP contribution in [0.25, 0.3) is 0 Å². The number of hydrogen-bond donors (Lipinski definition) is 3. The summed E-state index contributed by atoms with van der Waals surface area (Å²) in [5.41, 5.74) is 10.5. The number of carbonyl (C=O) groups excluding carboxylic acids is 2. The van der Waals surface area contributed by atoms with Crippen molar-refractivity contribution in [1.82, 2.24) is 5.32 Å². The molecular weight excluding hydrogens is 158 g/mol. The third-order valence-corrected chi connectivity index (χ3v) is 1.46. The van der Waals surface area contributed by atoms with Crippen molar-refractivity contribution < 1.29 is 9.59 Å². The Labute approximate surface area is 71.5 Å². The molecule has 0 aromatic carbocycles. The highest BCUT2D eigenvalue weighted by atomic mass is 16.2. The summed E-state index contributed by atoms with van der Waals surface area (Å²) in [5.74, 6) is -0.521. The Bertz CT molecular complexity index is 179. The van der Waals surface area contributed by atoms with Crippen molar-refractivity contribution in [3.05, 3.63) is 0 Å². The minimum atomic E-state index is -0.613. The maximum Gasteiger partial charge on any atom is 0.237 e. The molecule has 0 saturated carbocycles. The Morgan fingerprint density at radius 1 is 1.50 bits per heavy atom. The standard InChI is InChI=1S/C7H15N3O2/c1-4(9)7(12)10-6(3-8)5(2)11/h4,6H,3,8-9H2,1-2H3,(H,10,12)/t4-,6+/m0/s1. The van der Waals surface area contributed by atoms with Crippen molar-refractivity contribution in [3.8, 4) is 0 Å². The number of amides is 1. The van der Waals surface area contributed by atoms with Gasteiger partial charge in [-0.25, -0.2) is 0 Å². The van der Waals surface area contributed by atoms with Gasteiger partial charge in [-0.05, 0) is 13.8 Å². The van der Waals surface area contributed by atoms with Gasteiger partial charge in [-0.3, -0.25) is 9.59 Å². The van der Waals surface area contributed by atoms with Gasteiger partial charge in [-0.2, -0.15) is 0 Å². The van der Waals surface area contributed by atoms with Gasteiger partial charge in [0.25, 0.3) is 0 Å². The van der Waals surface area contributed by atoms with E-state index in [4.69, 9.17) is 11.5 Å². The van der Waals surface area contributed by atoms with Gasteiger partial charge in [0.2, 0.25) is 5.91 Å². The number of rotatable bonds is 4. The summed E-state index contributed by atoms with van der Waals surface area (Å²) in [6.07, 6.45) is 0. The van der Waals surface area contributed by atoms with Gasteiger partial charge in [-0.1, -0.05) is 0 Å². The summed E-state index contributed by atoms with van der Waals surface area (Å²) in [5, 5.41) is 2.43. The first-order valence-electron chi connectivity index (χ1n) is 3.75. The molecule has 0 bridgehead atoms. The molecule has 0 aliphatic heterocycles. The molecule has 0 unspecified atom stereocenters. The Morgan fingerprint density at radius 3 is 2.25 bits per heavy atom. The van der Waals surface area contributed by atoms with Crippen LogP contribution in [0.4, 0.5) is 0 Å². The molecule has 0 heterocycles. The van der Waals surface area contributed by atoms with Gasteiger partial charge in [-0.15, -0.1) is 0 Å². The van der Waals surface area contributed by atoms with Crippen molar-refractivity contribution in [1.29, 1.82) is 0 Å². The molecule has 5 nitrogen and oxygen atoms in total. The molecule has 0 rings (SSSR count). The molecule has 0 fully saturated rings. The third kappa shape index (κ3) is 3.45. The van der Waals surface area contributed by atoms with Crippen molar-refractivity contribution in [2.45, 2.75) is 25.9 Å². The van der Waals surface area contributed by atoms with Crippen LogP contribution < -0.4 is 16.8 Å². The first-order valence-corrected chi connectivity index (χ1v) is 3.75. The van der Waals surface area contributed by atoms with Gasteiger partial charge in [0.05, 0.1) is 12.1 Å². The third-order valence-electron chi connectivity index (χ3n) is 1.46. The average molecular weight is 173 g/mol. The van der Waals surface area contributed by atoms with Crippen LogP contribution in [0, 0.1) is 0 Å². The van der Waals surface area contributed by atoms with Crippen LogP contribution in [0.5, 0.6) is 0 Å². The van der Waals surface area contributed by atoms with Crippen LogP contribution in [-0.2, 0) is 9.59 Å². The van der Waals surface area contributed by atoms with Crippen LogP contribution in [0.3, 0.4) is 0 Å². The zero-order valence-electron chi connectivity index (χ0n) is 7.33. The molecule has 0 radical (unpaired) electrons. The van der Waals surface area contributed by atoms with Gasteiger partial charge in [0, 0.05) is 6.54 Å². The van der Waals surface area contributed by atoms with Gasteiger partial charge in [0.1, 0.15) is 0 Å². The van der Waals surface area contributed by atoms with Crippen LogP contribution in [0.15, 0.2) is 0 Å². The molecule has 2 atom stereocenters. The topological polar surface area (TPSA) is 98.2 Å². The molecule has 0 aromatic rings. The second kappa shape index (κ2) is 4.84. The second-order valence-corrected chi connectivity index (χ2v) is 2.70. The quantitative estimate of drug-likeness (QED) is 0.475. The molecule has 5 N–H and O–H groups in total. The van der Waals surface area contributed by atoms with Crippen LogP contribution >= 0.6 is 0 Å². The van der Waals surface area contributed by atoms with E-state index < -0.39 is 12.1 Å². The molecule has 0 spiro atoms. The lowest BCUT2D eigenvalue weighted by atomic mass is 10.2. The number of ketones is 1. The molecule has 1 amide bonds. The van der Waals surface area contributed by atoms with E-state index in [0.717, 1.165) is 0 Å². The van der Waals surface area contributed by atoms with E-state index >= 15 is 0 Å². The zero-order valence-corrected chi connectivity index (χ0v) is 7.33. The summed E-state index contributed by atoms with van der Waals surface area (Å²) in [6, 6.07) is -1.22. The molecule has 0 aromatic heterocycles. The fourth-order valence-corrected chi connectivity index (χ4v) is 0.630. The maximum atomic E-state index is 11.0. The molecule has 0 aliphatic carbocycles. The highest BCUT2D eigenvalue weighted by Gasteiger charge is 2.16. The number of carbonyl (C=O) groups is 2. The van der Waals surface area contributed by atoms with E-state index in [-0.39, 0.29) is 18.2 Å². The van der Waals surface area contributed by atoms with Crippen LogP contribution in [0.1, 0.15) is 13.8 Å². The molecular formula is C7H15N3O2. The Balaban J connectivity index is 4.03. The summed E-state index contributed by atoms with van der Waals surface area (Å²) in [7, 11) is 0. The molecule has 0 aliphatic rings. The van der Waals surface area contributed by atoms with E-state index in [2.05, 4.69) is 5.32 Å². The number of hydrogen-bond acceptors (Lipinski definition) is 4. The predicted molar refractivity (Wildman–Crippen MR) is 45.3 cm³/mol. The van der Waals surface area contributed by atoms with Crippen molar-refractivity contribution in [3.63, 3.8) is 0 Å². The minimum absolute atomic E-state index is 0.105. The largest absolute Gasteiger partial charge is 0.344 e. The van der Waals surface area contributed by atoms with E-state index in [9.17, 15) is 9.59 Å². The van der Waals surface area contributed by atoms with Crippen molar-refractivity contribution in [2.75, 3.05) is 6.54 Å². The summed E-state index contributed by atoms with van der Waals surface area (Å²) in [4.78, 5) is 21.8. The zero-order chi connectivity index (χ0) is 9.72. The smallest absolute Gasteiger partial charge is 0.237 e. The van der Waals surface area contributed by atoms with Crippen LogP contribution in [0.2, 0.25) is 0 Å². The lowest BCUT2D eigenvalue weighted by Crippen LogP contribution is -2.49. The number of Topliss-reactive ketones (excluding diaryl/α,β-unsaturated/α-hetero) is 1. The molecule has 0 saturated heterocycles. The van der Waals surface area contributed by atoms with E-state index in [1.165, 1.54) is 6.92 Å².